The molecule has 14 atom stereocenters. The molecular weight excluding hydrogens is 1880 g/mol. The van der Waals surface area contributed by atoms with E-state index in [-0.39, 0.29) is 111 Å². The van der Waals surface area contributed by atoms with E-state index >= 15 is 14.4 Å². The van der Waals surface area contributed by atoms with Gasteiger partial charge in [-0.15, -0.1) is 0 Å². The molecule has 8 rings (SSSR count). The normalized spacial score (nSPS) is 16.8. The highest BCUT2D eigenvalue weighted by Crippen LogP contribution is 2.26. The summed E-state index contributed by atoms with van der Waals surface area (Å²) in [5.41, 5.74) is 20.0. The first kappa shape index (κ1) is 112. The Morgan fingerprint density at radius 3 is 1.29 bits per heavy atom. The summed E-state index contributed by atoms with van der Waals surface area (Å²) < 4.78 is 0. The molecule has 141 heavy (non-hydrogen) atoms. The molecule has 2 aromatic heterocycles. The van der Waals surface area contributed by atoms with Crippen LogP contribution in [0.5, 0.6) is 0 Å². The Labute approximate surface area is 821 Å². The molecule has 49 heteroatoms. The van der Waals surface area contributed by atoms with Gasteiger partial charge < -0.3 is 121 Å². The second kappa shape index (κ2) is 55.2. The number of aliphatic carboxylic acids is 4. The van der Waals surface area contributed by atoms with Gasteiger partial charge in [-0.3, -0.25) is 115 Å². The van der Waals surface area contributed by atoms with Crippen LogP contribution in [-0.4, -0.2) is 360 Å². The maximum atomic E-state index is 15.5. The molecule has 0 aliphatic carbocycles. The minimum Gasteiger partial charge on any atom is -0.481 e. The third-order valence-corrected chi connectivity index (χ3v) is 24.8. The Hall–Kier alpha value is -13.9. The van der Waals surface area contributed by atoms with Gasteiger partial charge in [-0.25, -0.2) is 0 Å². The van der Waals surface area contributed by atoms with Crippen molar-refractivity contribution in [2.45, 2.75) is 183 Å². The number of carboxylic acid groups (broad SMARTS) is 4. The fourth-order valence-electron chi connectivity index (χ4n) is 16.4. The fourth-order valence-corrected chi connectivity index (χ4v) is 16.9. The third kappa shape index (κ3) is 35.4. The van der Waals surface area contributed by atoms with E-state index < -0.39 is 266 Å². The number of primary amides is 3. The number of unbranched alkanes of at least 4 members (excludes halogenated alkanes) is 1. The lowest BCUT2D eigenvalue weighted by atomic mass is 9.97. The van der Waals surface area contributed by atoms with Crippen molar-refractivity contribution in [2.24, 2.45) is 23.1 Å². The Morgan fingerprint density at radius 1 is 0.426 bits per heavy atom. The van der Waals surface area contributed by atoms with E-state index in [1.54, 1.807) is 137 Å². The molecular formula is C92H126N22O25S2. The number of thiol groups is 2. The monoisotopic (exact) mass is 2000 g/mol. The van der Waals surface area contributed by atoms with Gasteiger partial charge in [-0.1, -0.05) is 99.1 Å². The highest BCUT2D eigenvalue weighted by Gasteiger charge is 2.42. The quantitative estimate of drug-likeness (QED) is 0.0125. The minimum absolute atomic E-state index is 0.0142. The Kier molecular flexibility index (Phi) is 44.0. The number of rotatable bonds is 53. The molecule has 16 amide bonds. The molecule has 0 bridgehead atoms. The van der Waals surface area contributed by atoms with E-state index in [1.165, 1.54) is 18.7 Å². The lowest BCUT2D eigenvalue weighted by molar-refractivity contribution is -0.142. The van der Waals surface area contributed by atoms with Gasteiger partial charge in [-0.2, -0.15) is 25.3 Å². The van der Waals surface area contributed by atoms with E-state index in [1.807, 2.05) is 0 Å². The van der Waals surface area contributed by atoms with Gasteiger partial charge in [0.2, 0.25) is 94.5 Å². The van der Waals surface area contributed by atoms with Crippen molar-refractivity contribution in [3.8, 4) is 0 Å². The highest BCUT2D eigenvalue weighted by molar-refractivity contribution is 7.80. The molecule has 47 nitrogen and oxygen atoms in total. The zero-order chi connectivity index (χ0) is 103. The van der Waals surface area contributed by atoms with E-state index in [2.05, 4.69) is 99.0 Å². The number of aromatic nitrogens is 2. The van der Waals surface area contributed by atoms with Crippen LogP contribution in [0.1, 0.15) is 102 Å². The number of carbonyl (C=O) groups excluding carboxylic acids is 16. The summed E-state index contributed by atoms with van der Waals surface area (Å²) in [5.74, 6) is -24.0. The number of benzene rings is 4. The molecule has 25 N–H and O–H groups in total. The van der Waals surface area contributed by atoms with Crippen LogP contribution in [0.4, 0.5) is 0 Å². The molecule has 2 aliphatic heterocycles. The summed E-state index contributed by atoms with van der Waals surface area (Å²) >= 11 is 8.60. The highest BCUT2D eigenvalue weighted by atomic mass is 32.1. The Balaban J connectivity index is 1.05. The van der Waals surface area contributed by atoms with Crippen molar-refractivity contribution < 1.29 is 121 Å². The van der Waals surface area contributed by atoms with Crippen molar-refractivity contribution in [3.05, 3.63) is 120 Å². The SMILES string of the molecule is CC[C@H](C)[C@H](NC(=O)[C@@H](NC(=O)[C@H](Cc1c[nH]c2ccccc12)NC(C)=O)[C@@H](C)O)C(=O)N[C@@H](CS)C(=O)N[C@@H](CC(N)=O)C(=O)N[C@@H](CC(N)=O)C(=O)N[C@@H](Cc1ccc2ccccc2c1)C(=O)N[C@@H](CCCCNC(=O)CN1CCN(CC(=O)O)CCN(CC(=O)O)CCN(CC(=O)O)CC1)C(=O)N[C@@H](CC(=O)O)C(=O)N[C@@H](CS)C(=O)N[C@@H](Cc1c[nH]c2ccccc12)C(=O)N1CCC[C@H]1C(N)=O. The number of hydrogen-bond acceptors (Lipinski definition) is 27. The number of aliphatic hydroxyl groups excluding tert-OH is 1. The summed E-state index contributed by atoms with van der Waals surface area (Å²) in [6, 6.07) is 5.54. The zero-order valence-corrected chi connectivity index (χ0v) is 80.2. The van der Waals surface area contributed by atoms with E-state index in [0.29, 0.717) is 44.8 Å². The van der Waals surface area contributed by atoms with Gasteiger partial charge in [0.15, 0.2) is 0 Å². The van der Waals surface area contributed by atoms with Crippen molar-refractivity contribution in [1.82, 2.24) is 98.3 Å². The van der Waals surface area contributed by atoms with Crippen LogP contribution in [0.2, 0.25) is 0 Å². The van der Waals surface area contributed by atoms with Crippen LogP contribution in [0, 0.1) is 5.92 Å². The average molecular weight is 2000 g/mol. The summed E-state index contributed by atoms with van der Waals surface area (Å²) in [6.07, 6.45) is -2.14. The summed E-state index contributed by atoms with van der Waals surface area (Å²) in [5, 5.41) is 83.2. The van der Waals surface area contributed by atoms with Gasteiger partial charge in [0.25, 0.3) is 0 Å². The topological polar surface area (TPSA) is 713 Å². The van der Waals surface area contributed by atoms with Gasteiger partial charge in [0, 0.05) is 137 Å². The molecule has 766 valence electrons. The maximum Gasteiger partial charge on any atom is 0.317 e. The lowest BCUT2D eigenvalue weighted by Crippen LogP contribution is -2.63. The second-order valence-corrected chi connectivity index (χ2v) is 35.6. The van der Waals surface area contributed by atoms with Crippen molar-refractivity contribution in [3.63, 3.8) is 0 Å². The number of aromatic amines is 2. The third-order valence-electron chi connectivity index (χ3n) is 24.1. The van der Waals surface area contributed by atoms with Crippen LogP contribution >= 0.6 is 25.3 Å². The first-order valence-corrected chi connectivity index (χ1v) is 47.3. The van der Waals surface area contributed by atoms with Crippen molar-refractivity contribution in [1.29, 1.82) is 0 Å². The molecule has 2 aliphatic rings. The number of nitrogens with one attached hydrogen (secondary N) is 14. The Bertz CT molecular complexity index is 5460. The zero-order valence-electron chi connectivity index (χ0n) is 78.5. The molecule has 0 saturated carbocycles. The van der Waals surface area contributed by atoms with E-state index in [9.17, 15) is 107 Å². The summed E-state index contributed by atoms with van der Waals surface area (Å²) in [6.45, 7) is 4.58. The molecule has 0 unspecified atom stereocenters. The summed E-state index contributed by atoms with van der Waals surface area (Å²) in [7, 11) is 0. The fraction of sp³-hybridized carbons (Fsp3) is 0.500. The summed E-state index contributed by atoms with van der Waals surface area (Å²) in [4.78, 5) is 289. The number of para-hydroxylation sites is 2. The van der Waals surface area contributed by atoms with Crippen LogP contribution in [0.3, 0.4) is 0 Å². The molecule has 2 saturated heterocycles. The number of carboxylic acids is 4. The maximum absolute atomic E-state index is 15.5. The number of carbonyl (C=O) groups is 20. The van der Waals surface area contributed by atoms with Gasteiger partial charge in [0.05, 0.1) is 51.5 Å². The Morgan fingerprint density at radius 2 is 0.823 bits per heavy atom. The van der Waals surface area contributed by atoms with Crippen LogP contribution in [0.15, 0.2) is 103 Å². The van der Waals surface area contributed by atoms with Crippen LogP contribution < -0.4 is 81.0 Å². The van der Waals surface area contributed by atoms with E-state index in [0.717, 1.165) is 10.9 Å². The number of likely N-dealkylation sites (tertiary alicyclic amines) is 1. The number of nitrogens with zero attached hydrogens (tertiary/aromatic N) is 5. The number of hydrogen-bond donors (Lipinski definition) is 24. The number of H-pyrrole nitrogens is 2. The van der Waals surface area contributed by atoms with Crippen LogP contribution in [-0.2, 0) is 115 Å². The lowest BCUT2D eigenvalue weighted by Gasteiger charge is -2.32. The molecule has 4 aromatic carbocycles. The molecule has 2 fully saturated rings. The second-order valence-electron chi connectivity index (χ2n) is 34.9. The number of aliphatic hydroxyl groups is 1. The molecule has 4 heterocycles. The van der Waals surface area contributed by atoms with E-state index in [4.69, 9.17) is 17.2 Å². The average Bonchev–Trinajstić information content (AvgIpc) is 1.74. The predicted molar refractivity (Wildman–Crippen MR) is 517 cm³/mol. The van der Waals surface area contributed by atoms with Gasteiger partial charge in [-0.05, 0) is 84.5 Å². The number of nitrogens with two attached hydrogens (primary N) is 3. The van der Waals surface area contributed by atoms with Crippen molar-refractivity contribution >= 4 is 176 Å². The first-order valence-electron chi connectivity index (χ1n) is 46.0. The van der Waals surface area contributed by atoms with Crippen LogP contribution in [0.25, 0.3) is 32.6 Å². The smallest absolute Gasteiger partial charge is 0.317 e. The standard InChI is InChI=1S/C92H126N22O25S2/c1-5-50(2)79(108-91(138)80(51(3)115)109-87(134)64(99-52(4)116)37-56-42-97-60-19-10-8-17-58(56)60)90(137)107-70(49-141)88(135)103-66(40-73(94)118)85(132)102-65(39-72(93)117)84(131)101-63(36-53-23-24-54-15-6-7-16-55(54)35-53)83(130)100-62(21-12-13-25-96-74(119)44-110-27-29-111(45-76(122)123)31-33-113(47-78(126)127)34-32-112(30-28-110)46-77(124)125)82(129)104-67(41-75(120)121)86(133)106-69(48-140)89(136)105-68(92(139)114-26-14-22-71(114)81(95)128)38-57-43-98-61-20-11-9-18-59(57)61/h6-11,15-20,23-24,35,42-43,50-51,62-71,79-80,97-98,115,140-141H,5,12-14,21-22,25-34,36-41,44-49H2,1-4H3,(H2,93,117)(H2,94,118)(H2,95,128)(H,96,119)(H,99,116)(H,100,130)(H,101,131)(H,102,132)(H,103,135)(H,104,129)(H,105,136)(H,106,133)(H,107,137)(H,108,138)(H,109,134)(H,120,121)(H,122,123)(H,124,125)(H,126,127)/t50-,51+,62-,63-,64-,65-,66-,67-,68-,69-,70-,71-,79-,80-/m0/s1. The van der Waals surface area contributed by atoms with Crippen molar-refractivity contribution in [2.75, 3.05) is 103 Å². The number of amides is 16. The van der Waals surface area contributed by atoms with Gasteiger partial charge in [0.1, 0.15) is 72.5 Å². The van der Waals surface area contributed by atoms with Gasteiger partial charge >= 0.3 is 23.9 Å². The predicted octanol–water partition coefficient (Wildman–Crippen LogP) is -5.07. The molecule has 0 spiro atoms. The first-order chi connectivity index (χ1) is 67.0. The minimum atomic E-state index is -2.12. The largest absolute Gasteiger partial charge is 0.481 e. The molecule has 0 radical (unpaired) electrons. The molecule has 6 aromatic rings. The number of fused-ring (bicyclic) bond motifs is 3.